The maximum absolute atomic E-state index is 11.8. The van der Waals surface area contributed by atoms with Gasteiger partial charge in [-0.25, -0.2) is 4.79 Å². The molecule has 116 valence electrons. The van der Waals surface area contributed by atoms with Crippen molar-refractivity contribution in [3.63, 3.8) is 0 Å². The number of carboxylic acid groups (broad SMARTS) is 1. The van der Waals surface area contributed by atoms with Gasteiger partial charge in [0.1, 0.15) is 11.8 Å². The van der Waals surface area contributed by atoms with Crippen molar-refractivity contribution in [1.29, 1.82) is 0 Å². The number of hydrogen-bond acceptors (Lipinski definition) is 4. The molecule has 0 radical (unpaired) electrons. The third-order valence-corrected chi connectivity index (χ3v) is 2.89. The summed E-state index contributed by atoms with van der Waals surface area (Å²) in [6, 6.07) is 6.35. The first kappa shape index (κ1) is 16.8. The van der Waals surface area contributed by atoms with Crippen LogP contribution in [0.1, 0.15) is 20.3 Å². The lowest BCUT2D eigenvalue weighted by atomic mass is 10.0. The second kappa shape index (κ2) is 8.14. The van der Waals surface area contributed by atoms with Crippen LogP contribution in [0.15, 0.2) is 24.3 Å². The third kappa shape index (κ3) is 5.72. The number of hydrogen-bond donors (Lipinski definition) is 3. The number of anilines is 1. The van der Waals surface area contributed by atoms with E-state index in [-0.39, 0.29) is 18.4 Å². The molecule has 6 heteroatoms. The number of rotatable bonds is 8. The van der Waals surface area contributed by atoms with Crippen molar-refractivity contribution in [2.45, 2.75) is 26.3 Å². The largest absolute Gasteiger partial charge is 0.495 e. The Balaban J connectivity index is 2.54. The van der Waals surface area contributed by atoms with E-state index < -0.39 is 12.0 Å². The average Bonchev–Trinajstić information content (AvgIpc) is 2.44. The zero-order valence-corrected chi connectivity index (χ0v) is 12.6. The van der Waals surface area contributed by atoms with E-state index in [9.17, 15) is 9.59 Å². The summed E-state index contributed by atoms with van der Waals surface area (Å²) in [5.74, 6) is -0.570. The van der Waals surface area contributed by atoms with Gasteiger partial charge in [0.25, 0.3) is 0 Å². The highest BCUT2D eigenvalue weighted by atomic mass is 16.5. The summed E-state index contributed by atoms with van der Waals surface area (Å²) >= 11 is 0. The minimum atomic E-state index is -1.02. The summed E-state index contributed by atoms with van der Waals surface area (Å²) in [7, 11) is 1.55. The number of carboxylic acids is 1. The molecule has 0 aromatic heterocycles. The summed E-state index contributed by atoms with van der Waals surface area (Å²) in [5.41, 5.74) is 0.686. The monoisotopic (exact) mass is 294 g/mol. The Morgan fingerprint density at radius 2 is 1.95 bits per heavy atom. The number of para-hydroxylation sites is 2. The number of amides is 1. The van der Waals surface area contributed by atoms with Crippen molar-refractivity contribution in [3.05, 3.63) is 24.3 Å². The fourth-order valence-corrected chi connectivity index (χ4v) is 1.90. The van der Waals surface area contributed by atoms with E-state index in [4.69, 9.17) is 9.84 Å². The van der Waals surface area contributed by atoms with Gasteiger partial charge in [0, 0.05) is 0 Å². The van der Waals surface area contributed by atoms with E-state index in [1.54, 1.807) is 19.2 Å². The van der Waals surface area contributed by atoms with Crippen LogP contribution in [0, 0.1) is 5.92 Å². The number of carbonyl (C=O) groups is 2. The summed E-state index contributed by atoms with van der Waals surface area (Å²) in [6.45, 7) is 3.81. The Hall–Kier alpha value is -2.24. The fraction of sp³-hybridized carbons (Fsp3) is 0.467. The number of ether oxygens (including phenoxy) is 1. The molecule has 0 aliphatic carbocycles. The van der Waals surface area contributed by atoms with E-state index in [0.717, 1.165) is 0 Å². The molecular formula is C15H22N2O4. The quantitative estimate of drug-likeness (QED) is 0.679. The molecule has 0 unspecified atom stereocenters. The van der Waals surface area contributed by atoms with Gasteiger partial charge >= 0.3 is 5.97 Å². The van der Waals surface area contributed by atoms with E-state index in [1.165, 1.54) is 0 Å². The first-order valence-corrected chi connectivity index (χ1v) is 6.83. The molecule has 1 amide bonds. The van der Waals surface area contributed by atoms with Crippen LogP contribution in [0.25, 0.3) is 0 Å². The van der Waals surface area contributed by atoms with Crippen molar-refractivity contribution in [1.82, 2.24) is 5.32 Å². The summed E-state index contributed by atoms with van der Waals surface area (Å²) < 4.78 is 5.16. The van der Waals surface area contributed by atoms with Crippen molar-refractivity contribution in [2.24, 2.45) is 5.92 Å². The van der Waals surface area contributed by atoms with Gasteiger partial charge in [0.05, 0.1) is 19.3 Å². The number of nitrogens with one attached hydrogen (secondary N) is 2. The van der Waals surface area contributed by atoms with Crippen molar-refractivity contribution in [2.75, 3.05) is 19.0 Å². The van der Waals surface area contributed by atoms with Crippen LogP contribution in [-0.4, -0.2) is 36.7 Å². The molecule has 1 aromatic rings. The van der Waals surface area contributed by atoms with E-state index in [2.05, 4.69) is 10.6 Å². The molecule has 0 saturated heterocycles. The Bertz CT molecular complexity index is 488. The van der Waals surface area contributed by atoms with E-state index in [0.29, 0.717) is 17.9 Å². The number of methoxy groups -OCH3 is 1. The SMILES string of the molecule is COc1ccccc1NCC(=O)N[C@@H](CC(C)C)C(=O)O. The molecular weight excluding hydrogens is 272 g/mol. The van der Waals surface area contributed by atoms with Gasteiger partial charge in [-0.05, 0) is 24.5 Å². The lowest BCUT2D eigenvalue weighted by Crippen LogP contribution is -2.44. The van der Waals surface area contributed by atoms with Crippen molar-refractivity contribution in [3.8, 4) is 5.75 Å². The van der Waals surface area contributed by atoms with Gasteiger partial charge in [0.2, 0.25) is 5.91 Å². The van der Waals surface area contributed by atoms with Crippen LogP contribution < -0.4 is 15.4 Å². The highest BCUT2D eigenvalue weighted by Crippen LogP contribution is 2.22. The number of benzene rings is 1. The molecule has 1 rings (SSSR count). The second-order valence-electron chi connectivity index (χ2n) is 5.14. The normalized spacial score (nSPS) is 11.8. The third-order valence-electron chi connectivity index (χ3n) is 2.89. The molecule has 0 saturated carbocycles. The molecule has 0 aliphatic heterocycles. The van der Waals surface area contributed by atoms with Gasteiger partial charge in [-0.2, -0.15) is 0 Å². The Morgan fingerprint density at radius 1 is 1.29 bits per heavy atom. The zero-order valence-electron chi connectivity index (χ0n) is 12.6. The number of aliphatic carboxylic acids is 1. The molecule has 3 N–H and O–H groups in total. The van der Waals surface area contributed by atoms with Crippen molar-refractivity contribution < 1.29 is 19.4 Å². The van der Waals surface area contributed by atoms with Crippen molar-refractivity contribution >= 4 is 17.6 Å². The topological polar surface area (TPSA) is 87.7 Å². The van der Waals surface area contributed by atoms with Crippen LogP contribution in [-0.2, 0) is 9.59 Å². The summed E-state index contributed by atoms with van der Waals surface area (Å²) in [4.78, 5) is 22.9. The first-order chi connectivity index (χ1) is 9.93. The van der Waals surface area contributed by atoms with Gasteiger partial charge in [0.15, 0.2) is 0 Å². The predicted octanol–water partition coefficient (Wildman–Crippen LogP) is 1.72. The summed E-state index contributed by atoms with van der Waals surface area (Å²) in [6.07, 6.45) is 0.399. The van der Waals surface area contributed by atoms with Gasteiger partial charge in [-0.1, -0.05) is 26.0 Å². The molecule has 0 aliphatic rings. The van der Waals surface area contributed by atoms with Crippen LogP contribution in [0.3, 0.4) is 0 Å². The van der Waals surface area contributed by atoms with Gasteiger partial charge < -0.3 is 20.5 Å². The number of carbonyl (C=O) groups excluding carboxylic acids is 1. The maximum Gasteiger partial charge on any atom is 0.326 e. The van der Waals surface area contributed by atoms with Crippen LogP contribution >= 0.6 is 0 Å². The molecule has 0 spiro atoms. The first-order valence-electron chi connectivity index (χ1n) is 6.83. The van der Waals surface area contributed by atoms with Gasteiger partial charge in [-0.3, -0.25) is 4.79 Å². The molecule has 21 heavy (non-hydrogen) atoms. The zero-order chi connectivity index (χ0) is 15.8. The lowest BCUT2D eigenvalue weighted by molar-refractivity contribution is -0.142. The molecule has 1 aromatic carbocycles. The van der Waals surface area contributed by atoms with Gasteiger partial charge in [-0.15, -0.1) is 0 Å². The minimum Gasteiger partial charge on any atom is -0.495 e. The molecule has 6 nitrogen and oxygen atoms in total. The lowest BCUT2D eigenvalue weighted by Gasteiger charge is -2.17. The standard InChI is InChI=1S/C15H22N2O4/c1-10(2)8-12(15(19)20)17-14(18)9-16-11-6-4-5-7-13(11)21-3/h4-7,10,12,16H,8-9H2,1-3H3,(H,17,18)(H,19,20)/t12-/m0/s1. The Kier molecular flexibility index (Phi) is 6.52. The van der Waals surface area contributed by atoms with Crippen LogP contribution in [0.4, 0.5) is 5.69 Å². The summed E-state index contributed by atoms with van der Waals surface area (Å²) in [5, 5.41) is 14.5. The van der Waals surface area contributed by atoms with Crippen LogP contribution in [0.2, 0.25) is 0 Å². The smallest absolute Gasteiger partial charge is 0.326 e. The average molecular weight is 294 g/mol. The highest BCUT2D eigenvalue weighted by Gasteiger charge is 2.20. The molecule has 0 bridgehead atoms. The highest BCUT2D eigenvalue weighted by molar-refractivity contribution is 5.86. The van der Waals surface area contributed by atoms with Crippen LogP contribution in [0.5, 0.6) is 5.75 Å². The minimum absolute atomic E-state index is 0.0117. The maximum atomic E-state index is 11.8. The molecule has 0 heterocycles. The van der Waals surface area contributed by atoms with E-state index in [1.807, 2.05) is 26.0 Å². The Morgan fingerprint density at radius 3 is 2.52 bits per heavy atom. The van der Waals surface area contributed by atoms with E-state index >= 15 is 0 Å². The molecule has 0 fully saturated rings. The Labute approximate surface area is 124 Å². The second-order valence-corrected chi connectivity index (χ2v) is 5.14. The fourth-order valence-electron chi connectivity index (χ4n) is 1.90. The molecule has 1 atom stereocenters. The predicted molar refractivity (Wildman–Crippen MR) is 80.5 cm³/mol.